The summed E-state index contributed by atoms with van der Waals surface area (Å²) < 4.78 is 0. The molecule has 4 heteroatoms. The summed E-state index contributed by atoms with van der Waals surface area (Å²) in [5.74, 6) is -0.804. The van der Waals surface area contributed by atoms with Crippen LogP contribution in [0.25, 0.3) is 0 Å². The van der Waals surface area contributed by atoms with Gasteiger partial charge >= 0.3 is 5.97 Å². The van der Waals surface area contributed by atoms with Crippen LogP contribution in [0.2, 0.25) is 0 Å². The van der Waals surface area contributed by atoms with E-state index in [4.69, 9.17) is 0 Å². The first-order valence-electron chi connectivity index (χ1n) is 8.15. The molecule has 0 spiro atoms. The molecule has 2 unspecified atom stereocenters. The van der Waals surface area contributed by atoms with Crippen LogP contribution in [0.15, 0.2) is 0 Å². The van der Waals surface area contributed by atoms with Crippen LogP contribution in [0.1, 0.15) is 64.7 Å². The zero-order valence-electron chi connectivity index (χ0n) is 12.4. The lowest BCUT2D eigenvalue weighted by Crippen LogP contribution is -2.45. The number of carbonyl (C=O) groups is 2. The maximum Gasteiger partial charge on any atom is 0.307 e. The molecule has 20 heavy (non-hydrogen) atoms. The van der Waals surface area contributed by atoms with Crippen molar-refractivity contribution >= 4 is 11.9 Å². The number of carboxylic acid groups (broad SMARTS) is 1. The van der Waals surface area contributed by atoms with Gasteiger partial charge in [-0.25, -0.2) is 0 Å². The van der Waals surface area contributed by atoms with Gasteiger partial charge in [-0.05, 0) is 44.4 Å². The van der Waals surface area contributed by atoms with Crippen molar-refractivity contribution in [3.05, 3.63) is 0 Å². The van der Waals surface area contributed by atoms with Gasteiger partial charge in [-0.3, -0.25) is 9.59 Å². The van der Waals surface area contributed by atoms with Gasteiger partial charge in [0.15, 0.2) is 0 Å². The Morgan fingerprint density at radius 1 is 1.00 bits per heavy atom. The summed E-state index contributed by atoms with van der Waals surface area (Å²) in [6, 6.07) is 0.265. The lowest BCUT2D eigenvalue weighted by atomic mass is 9.78. The van der Waals surface area contributed by atoms with Crippen LogP contribution in [0.5, 0.6) is 0 Å². The quantitative estimate of drug-likeness (QED) is 0.832. The summed E-state index contributed by atoms with van der Waals surface area (Å²) in [7, 11) is 0. The highest BCUT2D eigenvalue weighted by Crippen LogP contribution is 2.32. The number of hydrogen-bond acceptors (Lipinski definition) is 2. The fourth-order valence-electron chi connectivity index (χ4n) is 3.76. The molecule has 0 aliphatic heterocycles. The summed E-state index contributed by atoms with van der Waals surface area (Å²) >= 11 is 0. The summed E-state index contributed by atoms with van der Waals surface area (Å²) in [6.45, 7) is 2.23. The van der Waals surface area contributed by atoms with E-state index in [1.165, 1.54) is 19.3 Å². The zero-order chi connectivity index (χ0) is 14.5. The molecule has 0 aromatic carbocycles. The van der Waals surface area contributed by atoms with Crippen molar-refractivity contribution in [3.63, 3.8) is 0 Å². The second-order valence-corrected chi connectivity index (χ2v) is 6.47. The topological polar surface area (TPSA) is 66.4 Å². The van der Waals surface area contributed by atoms with Crippen LogP contribution < -0.4 is 5.32 Å². The summed E-state index contributed by atoms with van der Waals surface area (Å²) in [4.78, 5) is 23.6. The molecule has 0 radical (unpaired) electrons. The maximum atomic E-state index is 12.4. The summed E-state index contributed by atoms with van der Waals surface area (Å²) in [6.07, 6.45) is 8.99. The van der Waals surface area contributed by atoms with E-state index in [1.807, 2.05) is 0 Å². The molecule has 0 saturated heterocycles. The average molecular weight is 281 g/mol. The predicted molar refractivity (Wildman–Crippen MR) is 77.3 cm³/mol. The molecule has 0 aromatic heterocycles. The standard InChI is InChI=1S/C16H27NO3/c1-2-11-7-9-12(10-8-11)17-15(18)13-5-3-4-6-14(13)16(19)20/h11-14H,2-10H2,1H3,(H,17,18)(H,19,20). The van der Waals surface area contributed by atoms with E-state index in [1.54, 1.807) is 0 Å². The van der Waals surface area contributed by atoms with E-state index in [-0.39, 0.29) is 17.9 Å². The Balaban J connectivity index is 1.86. The Morgan fingerprint density at radius 2 is 1.60 bits per heavy atom. The number of hydrogen-bond donors (Lipinski definition) is 2. The highest BCUT2D eigenvalue weighted by Gasteiger charge is 2.36. The van der Waals surface area contributed by atoms with E-state index in [9.17, 15) is 14.7 Å². The fourth-order valence-corrected chi connectivity index (χ4v) is 3.76. The Hall–Kier alpha value is -1.06. The van der Waals surface area contributed by atoms with Gasteiger partial charge in [-0.2, -0.15) is 0 Å². The molecule has 2 saturated carbocycles. The third-order valence-electron chi connectivity index (χ3n) is 5.19. The first-order valence-corrected chi connectivity index (χ1v) is 8.15. The molecule has 2 rings (SSSR count). The van der Waals surface area contributed by atoms with Crippen LogP contribution in [0, 0.1) is 17.8 Å². The minimum absolute atomic E-state index is 0.0166. The normalized spacial score (nSPS) is 34.5. The van der Waals surface area contributed by atoms with Crippen molar-refractivity contribution in [1.29, 1.82) is 0 Å². The highest BCUT2D eigenvalue weighted by atomic mass is 16.4. The fraction of sp³-hybridized carbons (Fsp3) is 0.875. The van der Waals surface area contributed by atoms with E-state index in [2.05, 4.69) is 12.2 Å². The lowest BCUT2D eigenvalue weighted by Gasteiger charge is -2.32. The third kappa shape index (κ3) is 3.74. The van der Waals surface area contributed by atoms with Gasteiger partial charge in [0.25, 0.3) is 0 Å². The predicted octanol–water partition coefficient (Wildman–Crippen LogP) is 2.96. The van der Waals surface area contributed by atoms with Gasteiger partial charge in [0.2, 0.25) is 5.91 Å². The molecule has 0 heterocycles. The van der Waals surface area contributed by atoms with Crippen molar-refractivity contribution in [1.82, 2.24) is 5.32 Å². The molecule has 4 nitrogen and oxygen atoms in total. The molecule has 2 aliphatic carbocycles. The first-order chi connectivity index (χ1) is 9.61. The molecule has 2 N–H and O–H groups in total. The van der Waals surface area contributed by atoms with E-state index >= 15 is 0 Å². The smallest absolute Gasteiger partial charge is 0.307 e. The Kier molecular flexibility index (Phi) is 5.44. The van der Waals surface area contributed by atoms with Crippen LogP contribution in [0.3, 0.4) is 0 Å². The zero-order valence-corrected chi connectivity index (χ0v) is 12.4. The average Bonchev–Trinajstić information content (AvgIpc) is 2.48. The number of carboxylic acids is 1. The van der Waals surface area contributed by atoms with E-state index in [0.29, 0.717) is 6.42 Å². The molecule has 1 amide bonds. The molecule has 114 valence electrons. The molecule has 2 atom stereocenters. The first kappa shape index (κ1) is 15.3. The molecular weight excluding hydrogens is 254 g/mol. The van der Waals surface area contributed by atoms with Crippen molar-refractivity contribution in [2.24, 2.45) is 17.8 Å². The second-order valence-electron chi connectivity index (χ2n) is 6.47. The largest absolute Gasteiger partial charge is 0.481 e. The van der Waals surface area contributed by atoms with Crippen LogP contribution >= 0.6 is 0 Å². The Morgan fingerprint density at radius 3 is 2.15 bits per heavy atom. The van der Waals surface area contributed by atoms with Gasteiger partial charge in [-0.1, -0.05) is 26.2 Å². The van der Waals surface area contributed by atoms with Crippen LogP contribution in [-0.2, 0) is 9.59 Å². The van der Waals surface area contributed by atoms with Gasteiger partial charge in [0.05, 0.1) is 11.8 Å². The maximum absolute atomic E-state index is 12.4. The number of carbonyl (C=O) groups excluding carboxylic acids is 1. The lowest BCUT2D eigenvalue weighted by molar-refractivity contribution is -0.149. The Labute approximate surface area is 121 Å². The van der Waals surface area contributed by atoms with Gasteiger partial charge in [0, 0.05) is 6.04 Å². The molecule has 0 bridgehead atoms. The minimum Gasteiger partial charge on any atom is -0.481 e. The third-order valence-corrected chi connectivity index (χ3v) is 5.19. The molecule has 2 fully saturated rings. The molecule has 2 aliphatic rings. The highest BCUT2D eigenvalue weighted by molar-refractivity contribution is 5.85. The van der Waals surface area contributed by atoms with Crippen molar-refractivity contribution in [2.75, 3.05) is 0 Å². The second kappa shape index (κ2) is 7.09. The van der Waals surface area contributed by atoms with E-state index in [0.717, 1.165) is 38.0 Å². The molecular formula is C16H27NO3. The van der Waals surface area contributed by atoms with Gasteiger partial charge < -0.3 is 10.4 Å². The van der Waals surface area contributed by atoms with Crippen molar-refractivity contribution in [2.45, 2.75) is 70.8 Å². The van der Waals surface area contributed by atoms with Gasteiger partial charge in [-0.15, -0.1) is 0 Å². The van der Waals surface area contributed by atoms with Crippen molar-refractivity contribution in [3.8, 4) is 0 Å². The van der Waals surface area contributed by atoms with Crippen LogP contribution in [0.4, 0.5) is 0 Å². The number of rotatable bonds is 4. The van der Waals surface area contributed by atoms with Crippen LogP contribution in [-0.4, -0.2) is 23.0 Å². The monoisotopic (exact) mass is 281 g/mol. The van der Waals surface area contributed by atoms with Crippen molar-refractivity contribution < 1.29 is 14.7 Å². The molecule has 0 aromatic rings. The summed E-state index contributed by atoms with van der Waals surface area (Å²) in [5.41, 5.74) is 0. The van der Waals surface area contributed by atoms with Gasteiger partial charge in [0.1, 0.15) is 0 Å². The van der Waals surface area contributed by atoms with E-state index < -0.39 is 11.9 Å². The Bertz CT molecular complexity index is 348. The summed E-state index contributed by atoms with van der Waals surface area (Å²) in [5, 5.41) is 12.4. The number of amides is 1. The number of nitrogens with one attached hydrogen (secondary N) is 1. The minimum atomic E-state index is -0.806. The SMILES string of the molecule is CCC1CCC(NC(=O)C2CCCCC2C(=O)O)CC1. The number of aliphatic carboxylic acids is 1.